The van der Waals surface area contributed by atoms with Crippen LogP contribution in [-0.4, -0.2) is 35.9 Å². The Hall–Kier alpha value is -2.11. The summed E-state index contributed by atoms with van der Waals surface area (Å²) >= 11 is 0. The molecule has 0 aromatic carbocycles. The molecule has 1 heterocycles. The van der Waals surface area contributed by atoms with Crippen molar-refractivity contribution in [3.63, 3.8) is 0 Å². The fourth-order valence-electron chi connectivity index (χ4n) is 1.60. The van der Waals surface area contributed by atoms with Gasteiger partial charge in [-0.3, -0.25) is 4.79 Å². The van der Waals surface area contributed by atoms with Crippen molar-refractivity contribution in [3.8, 4) is 0 Å². The third-order valence-electron chi connectivity index (χ3n) is 2.39. The van der Waals surface area contributed by atoms with Crippen LogP contribution in [0.15, 0.2) is 0 Å². The molecule has 104 valence electrons. The highest BCUT2D eigenvalue weighted by Crippen LogP contribution is 2.21. The minimum Gasteiger partial charge on any atom is -0.465 e. The van der Waals surface area contributed by atoms with Crippen LogP contribution in [0, 0.1) is 6.92 Å². The minimum atomic E-state index is -0.675. The molecule has 0 aliphatic carbocycles. The normalized spacial score (nSPS) is 11.0. The van der Waals surface area contributed by atoms with Crippen molar-refractivity contribution < 1.29 is 23.9 Å². The second kappa shape index (κ2) is 5.26. The quantitative estimate of drug-likeness (QED) is 0.667. The second-order valence-corrected chi connectivity index (χ2v) is 5.02. The van der Waals surface area contributed by atoms with Gasteiger partial charge in [0.1, 0.15) is 11.3 Å². The van der Waals surface area contributed by atoms with Crippen LogP contribution in [0.1, 0.15) is 57.7 Å². The van der Waals surface area contributed by atoms with Gasteiger partial charge in [-0.25, -0.2) is 9.59 Å². The van der Waals surface area contributed by atoms with Crippen molar-refractivity contribution in [1.82, 2.24) is 4.98 Å². The molecule has 0 amide bonds. The van der Waals surface area contributed by atoms with Gasteiger partial charge in [-0.05, 0) is 33.3 Å². The average molecular weight is 267 g/mol. The molecular formula is C13H17NO5. The van der Waals surface area contributed by atoms with Crippen molar-refractivity contribution >= 4 is 18.2 Å². The monoisotopic (exact) mass is 267 g/mol. The van der Waals surface area contributed by atoms with Gasteiger partial charge in [0, 0.05) is 0 Å². The van der Waals surface area contributed by atoms with Crippen molar-refractivity contribution in [1.29, 1.82) is 0 Å². The maximum Gasteiger partial charge on any atom is 0.355 e. The summed E-state index contributed by atoms with van der Waals surface area (Å²) in [5.41, 5.74) is -0.189. The molecule has 0 aliphatic rings. The molecule has 0 saturated heterocycles. The van der Waals surface area contributed by atoms with Crippen molar-refractivity contribution in [2.45, 2.75) is 33.3 Å². The second-order valence-electron chi connectivity index (χ2n) is 5.02. The van der Waals surface area contributed by atoms with E-state index in [9.17, 15) is 14.4 Å². The zero-order valence-corrected chi connectivity index (χ0v) is 11.6. The number of carbonyl (C=O) groups excluding carboxylic acids is 3. The SMILES string of the molecule is COC(=O)c1c(C=O)[nH]c(C(=O)OC(C)(C)C)c1C. The first-order valence-corrected chi connectivity index (χ1v) is 5.70. The Balaban J connectivity index is 3.24. The van der Waals surface area contributed by atoms with Crippen molar-refractivity contribution in [2.75, 3.05) is 7.11 Å². The topological polar surface area (TPSA) is 85.5 Å². The number of hydrogen-bond donors (Lipinski definition) is 1. The van der Waals surface area contributed by atoms with E-state index in [2.05, 4.69) is 9.72 Å². The number of methoxy groups -OCH3 is 1. The molecule has 0 unspecified atom stereocenters. The lowest BCUT2D eigenvalue weighted by atomic mass is 10.1. The van der Waals surface area contributed by atoms with Crippen molar-refractivity contribution in [2.24, 2.45) is 0 Å². The fraction of sp³-hybridized carbons (Fsp3) is 0.462. The zero-order chi connectivity index (χ0) is 14.8. The lowest BCUT2D eigenvalue weighted by Gasteiger charge is -2.19. The van der Waals surface area contributed by atoms with E-state index in [1.807, 2.05) is 0 Å². The number of aldehydes is 1. The maximum atomic E-state index is 12.0. The predicted molar refractivity (Wildman–Crippen MR) is 67.4 cm³/mol. The van der Waals surface area contributed by atoms with Crippen LogP contribution >= 0.6 is 0 Å². The molecule has 6 heteroatoms. The Bertz CT molecular complexity index is 522. The first-order chi connectivity index (χ1) is 8.71. The summed E-state index contributed by atoms with van der Waals surface area (Å²) in [6.45, 7) is 6.73. The number of hydrogen-bond acceptors (Lipinski definition) is 5. The third-order valence-corrected chi connectivity index (χ3v) is 2.39. The molecule has 0 saturated carbocycles. The van der Waals surface area contributed by atoms with Crippen LogP contribution in [0.5, 0.6) is 0 Å². The number of esters is 2. The first-order valence-electron chi connectivity index (χ1n) is 5.70. The Kier molecular flexibility index (Phi) is 4.14. The lowest BCUT2D eigenvalue weighted by Crippen LogP contribution is -2.24. The van der Waals surface area contributed by atoms with Crippen LogP contribution in [0.3, 0.4) is 0 Å². The van der Waals surface area contributed by atoms with E-state index in [4.69, 9.17) is 4.74 Å². The van der Waals surface area contributed by atoms with Gasteiger partial charge in [0.2, 0.25) is 0 Å². The molecule has 0 spiro atoms. The minimum absolute atomic E-state index is 0.00482. The van der Waals surface area contributed by atoms with Gasteiger partial charge < -0.3 is 14.5 Å². The van der Waals surface area contributed by atoms with E-state index < -0.39 is 17.5 Å². The van der Waals surface area contributed by atoms with E-state index >= 15 is 0 Å². The molecular weight excluding hydrogens is 250 g/mol. The molecule has 19 heavy (non-hydrogen) atoms. The molecule has 0 radical (unpaired) electrons. The van der Waals surface area contributed by atoms with E-state index in [-0.39, 0.29) is 17.0 Å². The Labute approximate surface area is 111 Å². The summed E-state index contributed by atoms with van der Waals surface area (Å²) in [5, 5.41) is 0. The molecule has 0 atom stereocenters. The number of carbonyl (C=O) groups is 3. The van der Waals surface area contributed by atoms with Crippen LogP contribution in [0.2, 0.25) is 0 Å². The molecule has 1 N–H and O–H groups in total. The molecule has 0 fully saturated rings. The Morgan fingerprint density at radius 2 is 1.79 bits per heavy atom. The number of rotatable bonds is 3. The standard InChI is InChI=1S/C13H17NO5/c1-7-9(11(16)18-5)8(6-15)14-10(7)12(17)19-13(2,3)4/h6,14H,1-5H3. The number of aromatic amines is 1. The molecule has 1 aromatic heterocycles. The zero-order valence-electron chi connectivity index (χ0n) is 11.6. The van der Waals surface area contributed by atoms with E-state index in [1.54, 1.807) is 27.7 Å². The molecule has 1 aromatic rings. The third kappa shape index (κ3) is 3.21. The predicted octanol–water partition coefficient (Wildman–Crippen LogP) is 1.88. The van der Waals surface area contributed by atoms with Gasteiger partial charge >= 0.3 is 11.9 Å². The summed E-state index contributed by atoms with van der Waals surface area (Å²) in [6, 6.07) is 0. The summed E-state index contributed by atoms with van der Waals surface area (Å²) in [6.07, 6.45) is 0.465. The Morgan fingerprint density at radius 3 is 2.21 bits per heavy atom. The van der Waals surface area contributed by atoms with Crippen LogP contribution < -0.4 is 0 Å². The van der Waals surface area contributed by atoms with Crippen molar-refractivity contribution in [3.05, 3.63) is 22.5 Å². The number of H-pyrrole nitrogens is 1. The first kappa shape index (κ1) is 14.9. The number of nitrogens with one attached hydrogen (secondary N) is 1. The Morgan fingerprint density at radius 1 is 1.21 bits per heavy atom. The lowest BCUT2D eigenvalue weighted by molar-refractivity contribution is 0.00627. The average Bonchev–Trinajstić information content (AvgIpc) is 2.63. The van der Waals surface area contributed by atoms with Gasteiger partial charge in [-0.2, -0.15) is 0 Å². The van der Waals surface area contributed by atoms with E-state index in [0.29, 0.717) is 11.8 Å². The van der Waals surface area contributed by atoms with Gasteiger partial charge in [-0.1, -0.05) is 0 Å². The highest BCUT2D eigenvalue weighted by Gasteiger charge is 2.27. The van der Waals surface area contributed by atoms with E-state index in [0.717, 1.165) is 0 Å². The summed E-state index contributed by atoms with van der Waals surface area (Å²) in [5.74, 6) is -1.30. The number of ether oxygens (including phenoxy) is 2. The maximum absolute atomic E-state index is 12.0. The highest BCUT2D eigenvalue weighted by atomic mass is 16.6. The fourth-order valence-corrected chi connectivity index (χ4v) is 1.60. The van der Waals surface area contributed by atoms with Crippen LogP contribution in [0.4, 0.5) is 0 Å². The smallest absolute Gasteiger partial charge is 0.355 e. The summed E-state index contributed by atoms with van der Waals surface area (Å²) < 4.78 is 9.78. The molecule has 0 aliphatic heterocycles. The van der Waals surface area contributed by atoms with E-state index in [1.165, 1.54) is 7.11 Å². The molecule has 0 bridgehead atoms. The largest absolute Gasteiger partial charge is 0.465 e. The molecule has 6 nitrogen and oxygen atoms in total. The summed E-state index contributed by atoms with van der Waals surface area (Å²) in [7, 11) is 1.20. The van der Waals surface area contributed by atoms with Gasteiger partial charge in [0.15, 0.2) is 6.29 Å². The van der Waals surface area contributed by atoms with Gasteiger partial charge in [0.05, 0.1) is 18.4 Å². The summed E-state index contributed by atoms with van der Waals surface area (Å²) in [4.78, 5) is 37.1. The van der Waals surface area contributed by atoms with Gasteiger partial charge in [0.25, 0.3) is 0 Å². The van der Waals surface area contributed by atoms with Crippen LogP contribution in [-0.2, 0) is 9.47 Å². The van der Waals surface area contributed by atoms with Gasteiger partial charge in [-0.15, -0.1) is 0 Å². The number of aromatic nitrogens is 1. The van der Waals surface area contributed by atoms with Crippen LogP contribution in [0.25, 0.3) is 0 Å². The highest BCUT2D eigenvalue weighted by molar-refractivity contribution is 6.03. The molecule has 1 rings (SSSR count).